The van der Waals surface area contributed by atoms with Gasteiger partial charge in [-0.1, -0.05) is 23.7 Å². The summed E-state index contributed by atoms with van der Waals surface area (Å²) in [6, 6.07) is 7.98. The zero-order chi connectivity index (χ0) is 14.7. The van der Waals surface area contributed by atoms with Crippen LogP contribution in [0.3, 0.4) is 0 Å². The molecule has 0 bridgehead atoms. The van der Waals surface area contributed by atoms with E-state index in [2.05, 4.69) is 28.3 Å². The van der Waals surface area contributed by atoms with Crippen molar-refractivity contribution in [2.75, 3.05) is 33.3 Å². The van der Waals surface area contributed by atoms with Gasteiger partial charge in [0.05, 0.1) is 18.2 Å². The third-order valence-corrected chi connectivity index (χ3v) is 4.12. The second-order valence-electron chi connectivity index (χ2n) is 5.49. The summed E-state index contributed by atoms with van der Waals surface area (Å²) in [6.07, 6.45) is 2.06. The van der Waals surface area contributed by atoms with Gasteiger partial charge in [0.1, 0.15) is 0 Å². The maximum atomic E-state index is 6.38. The van der Waals surface area contributed by atoms with Crippen molar-refractivity contribution < 1.29 is 4.74 Å². The van der Waals surface area contributed by atoms with Crippen molar-refractivity contribution in [3.05, 3.63) is 41.0 Å². The summed E-state index contributed by atoms with van der Waals surface area (Å²) in [5.74, 6) is 0. The smallest absolute Gasteiger partial charge is 0.0826 e. The molecular weight excluding hydrogens is 286 g/mol. The first-order chi connectivity index (χ1) is 10.2. The highest BCUT2D eigenvalue weighted by Crippen LogP contribution is 2.25. The molecule has 1 aliphatic rings. The number of rotatable bonds is 4. The summed E-state index contributed by atoms with van der Waals surface area (Å²) in [4.78, 5) is 6.73. The molecule has 21 heavy (non-hydrogen) atoms. The largest absolute Gasteiger partial charge is 0.374 e. The molecule has 0 aliphatic carbocycles. The van der Waals surface area contributed by atoms with E-state index in [1.54, 1.807) is 0 Å². The number of hydrogen-bond acceptors (Lipinski definition) is 4. The molecule has 1 saturated heterocycles. The lowest BCUT2D eigenvalue weighted by Gasteiger charge is -2.28. The summed E-state index contributed by atoms with van der Waals surface area (Å²) < 4.78 is 5.75. The zero-order valence-electron chi connectivity index (χ0n) is 12.2. The van der Waals surface area contributed by atoms with Crippen LogP contribution in [-0.2, 0) is 11.3 Å². The van der Waals surface area contributed by atoms with Crippen LogP contribution < -0.4 is 5.32 Å². The third-order valence-electron chi connectivity index (χ3n) is 3.77. The van der Waals surface area contributed by atoms with E-state index >= 15 is 0 Å². The minimum Gasteiger partial charge on any atom is -0.374 e. The average molecular weight is 306 g/mol. The predicted molar refractivity (Wildman–Crippen MR) is 85.7 cm³/mol. The molecule has 112 valence electrons. The molecular formula is C16H20ClN3O. The maximum absolute atomic E-state index is 6.38. The van der Waals surface area contributed by atoms with Gasteiger partial charge >= 0.3 is 0 Å². The highest BCUT2D eigenvalue weighted by atomic mass is 35.5. The van der Waals surface area contributed by atoms with Crippen LogP contribution in [0, 0.1) is 0 Å². The summed E-state index contributed by atoms with van der Waals surface area (Å²) in [7, 11) is 2.09. The fraction of sp³-hybridized carbons (Fsp3) is 0.438. The number of morpholine rings is 1. The minimum absolute atomic E-state index is 0.241. The van der Waals surface area contributed by atoms with Gasteiger partial charge in [-0.15, -0.1) is 0 Å². The van der Waals surface area contributed by atoms with Gasteiger partial charge in [0.2, 0.25) is 0 Å². The van der Waals surface area contributed by atoms with Gasteiger partial charge in [-0.05, 0) is 19.2 Å². The van der Waals surface area contributed by atoms with E-state index in [9.17, 15) is 0 Å². The number of likely N-dealkylation sites (N-methyl/N-ethyl adjacent to an activating group) is 1. The van der Waals surface area contributed by atoms with Gasteiger partial charge in [-0.25, -0.2) is 0 Å². The summed E-state index contributed by atoms with van der Waals surface area (Å²) >= 11 is 6.38. The quantitative estimate of drug-likeness (QED) is 0.940. The molecule has 0 amide bonds. The van der Waals surface area contributed by atoms with Crippen LogP contribution in [0.15, 0.2) is 30.5 Å². The number of benzene rings is 1. The van der Waals surface area contributed by atoms with Gasteiger partial charge in [-0.3, -0.25) is 9.88 Å². The molecule has 0 saturated carbocycles. The van der Waals surface area contributed by atoms with E-state index in [-0.39, 0.29) is 6.10 Å². The lowest BCUT2D eigenvalue weighted by Crippen LogP contribution is -2.44. The number of aromatic nitrogens is 1. The number of ether oxygens (including phenoxy) is 1. The van der Waals surface area contributed by atoms with E-state index in [4.69, 9.17) is 16.3 Å². The Morgan fingerprint density at radius 1 is 1.43 bits per heavy atom. The Labute approximate surface area is 130 Å². The monoisotopic (exact) mass is 305 g/mol. The van der Waals surface area contributed by atoms with E-state index in [1.807, 2.05) is 24.4 Å². The molecule has 5 heteroatoms. The second-order valence-corrected chi connectivity index (χ2v) is 5.90. The number of hydrogen-bond donors (Lipinski definition) is 1. The molecule has 2 heterocycles. The Kier molecular flexibility index (Phi) is 4.70. The number of nitrogens with one attached hydrogen (secondary N) is 1. The van der Waals surface area contributed by atoms with Crippen LogP contribution in [0.1, 0.15) is 5.56 Å². The summed E-state index contributed by atoms with van der Waals surface area (Å²) in [6.45, 7) is 4.29. The zero-order valence-corrected chi connectivity index (χ0v) is 12.9. The van der Waals surface area contributed by atoms with Crippen LogP contribution in [0.5, 0.6) is 0 Å². The normalized spacial score (nSPS) is 19.3. The van der Waals surface area contributed by atoms with Gasteiger partial charge < -0.3 is 10.1 Å². The Bertz CT molecular complexity index is 613. The second kappa shape index (κ2) is 6.71. The third kappa shape index (κ3) is 3.52. The van der Waals surface area contributed by atoms with Crippen LogP contribution in [0.25, 0.3) is 10.9 Å². The van der Waals surface area contributed by atoms with Crippen molar-refractivity contribution >= 4 is 22.5 Å². The van der Waals surface area contributed by atoms with Crippen LogP contribution in [0.2, 0.25) is 5.02 Å². The average Bonchev–Trinajstić information content (AvgIpc) is 2.51. The van der Waals surface area contributed by atoms with E-state index in [0.29, 0.717) is 0 Å². The van der Waals surface area contributed by atoms with Crippen molar-refractivity contribution in [2.24, 2.45) is 0 Å². The minimum atomic E-state index is 0.241. The maximum Gasteiger partial charge on any atom is 0.0826 e. The van der Waals surface area contributed by atoms with Crippen molar-refractivity contribution in [2.45, 2.75) is 12.6 Å². The standard InChI is InChI=1S/C16H20ClN3O/c1-20(10-13-9-18-7-8-21-13)11-14-15(17)5-4-12-3-2-6-19-16(12)14/h2-6,13,18H,7-11H2,1H3. The summed E-state index contributed by atoms with van der Waals surface area (Å²) in [5.41, 5.74) is 2.07. The first-order valence-corrected chi connectivity index (χ1v) is 7.65. The Balaban J connectivity index is 1.75. The molecule has 1 N–H and O–H groups in total. The first-order valence-electron chi connectivity index (χ1n) is 7.27. The fourth-order valence-electron chi connectivity index (χ4n) is 2.75. The van der Waals surface area contributed by atoms with Gasteiger partial charge in [0, 0.05) is 48.3 Å². The molecule has 1 fully saturated rings. The van der Waals surface area contributed by atoms with Crippen molar-refractivity contribution in [1.82, 2.24) is 15.2 Å². The topological polar surface area (TPSA) is 37.4 Å². The molecule has 2 aromatic rings. The molecule has 0 radical (unpaired) electrons. The number of pyridine rings is 1. The molecule has 1 unspecified atom stereocenters. The molecule has 1 aliphatic heterocycles. The van der Waals surface area contributed by atoms with Crippen molar-refractivity contribution in [3.8, 4) is 0 Å². The number of fused-ring (bicyclic) bond motifs is 1. The molecule has 4 nitrogen and oxygen atoms in total. The lowest BCUT2D eigenvalue weighted by atomic mass is 10.1. The fourth-order valence-corrected chi connectivity index (χ4v) is 2.96. The van der Waals surface area contributed by atoms with Crippen LogP contribution in [0.4, 0.5) is 0 Å². The molecule has 1 aromatic carbocycles. The molecule has 3 rings (SSSR count). The van der Waals surface area contributed by atoms with E-state index in [0.717, 1.165) is 54.3 Å². The highest BCUT2D eigenvalue weighted by molar-refractivity contribution is 6.32. The van der Waals surface area contributed by atoms with E-state index < -0.39 is 0 Å². The van der Waals surface area contributed by atoms with E-state index in [1.165, 1.54) is 0 Å². The molecule has 1 atom stereocenters. The van der Waals surface area contributed by atoms with Crippen molar-refractivity contribution in [3.63, 3.8) is 0 Å². The SMILES string of the molecule is CN(Cc1c(Cl)ccc2cccnc12)CC1CNCCO1. The van der Waals surface area contributed by atoms with Gasteiger partial charge in [0.25, 0.3) is 0 Å². The van der Waals surface area contributed by atoms with Crippen molar-refractivity contribution in [1.29, 1.82) is 0 Å². The van der Waals surface area contributed by atoms with Gasteiger partial charge in [-0.2, -0.15) is 0 Å². The number of nitrogens with zero attached hydrogens (tertiary/aromatic N) is 2. The van der Waals surface area contributed by atoms with Crippen LogP contribution >= 0.6 is 11.6 Å². The Morgan fingerprint density at radius 3 is 3.14 bits per heavy atom. The molecule has 0 spiro atoms. The first kappa shape index (κ1) is 14.7. The summed E-state index contributed by atoms with van der Waals surface area (Å²) in [5, 5.41) is 5.25. The van der Waals surface area contributed by atoms with Crippen LogP contribution in [-0.4, -0.2) is 49.3 Å². The lowest BCUT2D eigenvalue weighted by molar-refractivity contribution is 0.00890. The number of halogens is 1. The van der Waals surface area contributed by atoms with Gasteiger partial charge in [0.15, 0.2) is 0 Å². The highest BCUT2D eigenvalue weighted by Gasteiger charge is 2.17. The molecule has 1 aromatic heterocycles. The Morgan fingerprint density at radius 2 is 2.33 bits per heavy atom. The Hall–Kier alpha value is -1.20. The predicted octanol–water partition coefficient (Wildman–Crippen LogP) is 2.31.